The molecule has 0 amide bonds. The van der Waals surface area contributed by atoms with Crippen molar-refractivity contribution >= 4 is 11.6 Å². The van der Waals surface area contributed by atoms with E-state index in [-0.39, 0.29) is 17.7 Å². The maximum atomic E-state index is 11.9. The molecule has 0 radical (unpaired) electrons. The largest absolute Gasteiger partial charge is 0.507 e. The number of aromatic hydroxyl groups is 1. The van der Waals surface area contributed by atoms with Gasteiger partial charge in [-0.3, -0.25) is 9.59 Å². The summed E-state index contributed by atoms with van der Waals surface area (Å²) in [5.74, 6) is -1.06. The zero-order chi connectivity index (χ0) is 13.4. The van der Waals surface area contributed by atoms with Crippen LogP contribution in [0.25, 0.3) is 0 Å². The number of phenols is 1. The van der Waals surface area contributed by atoms with Crippen LogP contribution in [-0.2, 0) is 16.0 Å². The van der Waals surface area contributed by atoms with E-state index in [9.17, 15) is 14.7 Å². The molecule has 1 aliphatic carbocycles. The van der Waals surface area contributed by atoms with Crippen LogP contribution in [0.3, 0.4) is 0 Å². The molecule has 1 aromatic rings. The number of benzene rings is 1. The predicted molar refractivity (Wildman–Crippen MR) is 63.2 cm³/mol. The van der Waals surface area contributed by atoms with Crippen LogP contribution in [0.4, 0.5) is 0 Å². The Labute approximate surface area is 104 Å². The van der Waals surface area contributed by atoms with Crippen LogP contribution in [0.1, 0.15) is 21.5 Å². The van der Waals surface area contributed by atoms with Gasteiger partial charge in [0.2, 0.25) is 11.6 Å². The average Bonchev–Trinajstić information content (AvgIpc) is 2.36. The zero-order valence-corrected chi connectivity index (χ0v) is 10.4. The number of rotatable bonds is 2. The summed E-state index contributed by atoms with van der Waals surface area (Å²) in [6, 6.07) is 1.35. The van der Waals surface area contributed by atoms with Gasteiger partial charge in [0.15, 0.2) is 0 Å². The molecule has 0 saturated carbocycles. The molecule has 1 N–H and O–H groups in total. The molecule has 1 aromatic carbocycles. The fraction of sp³-hybridized carbons (Fsp3) is 0.385. The lowest BCUT2D eigenvalue weighted by Crippen LogP contribution is -2.37. The van der Waals surface area contributed by atoms with Gasteiger partial charge in [0.25, 0.3) is 0 Å². The fourth-order valence-corrected chi connectivity index (χ4v) is 2.25. The monoisotopic (exact) mass is 250 g/mol. The van der Waals surface area contributed by atoms with Gasteiger partial charge in [-0.05, 0) is 18.1 Å². The number of methoxy groups -OCH3 is 2. The minimum absolute atomic E-state index is 0.0756. The van der Waals surface area contributed by atoms with Crippen molar-refractivity contribution in [2.24, 2.45) is 0 Å². The molecule has 0 aromatic heterocycles. The third-order valence-corrected chi connectivity index (χ3v) is 3.29. The SMILES string of the molecule is COc1cc(O)c2c(c1C)C[C@H](OC)C(=O)C2=O. The Hall–Kier alpha value is -1.88. The molecule has 0 fully saturated rings. The summed E-state index contributed by atoms with van der Waals surface area (Å²) in [6.07, 6.45) is -0.511. The number of Topliss-reactive ketones (excluding diaryl/α,β-unsaturated/α-hetero) is 2. The van der Waals surface area contributed by atoms with Crippen LogP contribution in [0.2, 0.25) is 0 Å². The second kappa shape index (κ2) is 4.42. The van der Waals surface area contributed by atoms with Gasteiger partial charge in [-0.25, -0.2) is 0 Å². The summed E-state index contributed by atoms with van der Waals surface area (Å²) < 4.78 is 10.1. The molecular weight excluding hydrogens is 236 g/mol. The Morgan fingerprint density at radius 3 is 2.56 bits per heavy atom. The number of fused-ring (bicyclic) bond motifs is 1. The topological polar surface area (TPSA) is 72.8 Å². The Morgan fingerprint density at radius 2 is 2.00 bits per heavy atom. The number of phenolic OH excluding ortho intramolecular Hbond substituents is 1. The molecule has 18 heavy (non-hydrogen) atoms. The number of carbonyl (C=O) groups is 2. The smallest absolute Gasteiger partial charge is 0.235 e. The van der Waals surface area contributed by atoms with E-state index < -0.39 is 17.7 Å². The third-order valence-electron chi connectivity index (χ3n) is 3.29. The van der Waals surface area contributed by atoms with E-state index in [2.05, 4.69) is 0 Å². The van der Waals surface area contributed by atoms with Gasteiger partial charge >= 0.3 is 0 Å². The third kappa shape index (κ3) is 1.67. The highest BCUT2D eigenvalue weighted by molar-refractivity contribution is 6.47. The standard InChI is InChI=1S/C13H14O5/c1-6-7-4-10(18-3)12(15)13(16)11(7)8(14)5-9(6)17-2/h5,10,14H,4H2,1-3H3/t10-/m0/s1. The van der Waals surface area contributed by atoms with Gasteiger partial charge in [0.1, 0.15) is 17.6 Å². The number of hydrogen-bond acceptors (Lipinski definition) is 5. The van der Waals surface area contributed by atoms with Crippen molar-refractivity contribution in [2.45, 2.75) is 19.4 Å². The molecule has 5 nitrogen and oxygen atoms in total. The average molecular weight is 250 g/mol. The molecule has 5 heteroatoms. The molecule has 1 atom stereocenters. The summed E-state index contributed by atoms with van der Waals surface area (Å²) in [6.45, 7) is 1.78. The van der Waals surface area contributed by atoms with E-state index in [0.29, 0.717) is 11.3 Å². The van der Waals surface area contributed by atoms with E-state index >= 15 is 0 Å². The first-order valence-electron chi connectivity index (χ1n) is 5.52. The molecule has 0 aliphatic heterocycles. The van der Waals surface area contributed by atoms with Crippen molar-refractivity contribution in [3.8, 4) is 11.5 Å². The van der Waals surface area contributed by atoms with Gasteiger partial charge in [-0.1, -0.05) is 0 Å². The number of ether oxygens (including phenoxy) is 2. The lowest BCUT2D eigenvalue weighted by Gasteiger charge is -2.24. The first kappa shape index (κ1) is 12.6. The van der Waals surface area contributed by atoms with Gasteiger partial charge < -0.3 is 14.6 Å². The number of ketones is 2. The minimum Gasteiger partial charge on any atom is -0.507 e. The molecule has 0 saturated heterocycles. The Balaban J connectivity index is 2.67. The van der Waals surface area contributed by atoms with Gasteiger partial charge in [0.05, 0.1) is 12.7 Å². The minimum atomic E-state index is -0.782. The summed E-state index contributed by atoms with van der Waals surface area (Å²) in [4.78, 5) is 23.6. The van der Waals surface area contributed by atoms with E-state index in [0.717, 1.165) is 5.56 Å². The van der Waals surface area contributed by atoms with Crippen LogP contribution < -0.4 is 4.74 Å². The fourth-order valence-electron chi connectivity index (χ4n) is 2.25. The summed E-state index contributed by atoms with van der Waals surface area (Å²) in [7, 11) is 2.87. The van der Waals surface area contributed by atoms with Crippen molar-refractivity contribution in [1.29, 1.82) is 0 Å². The number of carbonyl (C=O) groups excluding carboxylic acids is 2. The maximum Gasteiger partial charge on any atom is 0.235 e. The van der Waals surface area contributed by atoms with Gasteiger partial charge in [-0.2, -0.15) is 0 Å². The molecule has 1 aliphatic rings. The first-order chi connectivity index (χ1) is 8.51. The molecule has 2 rings (SSSR count). The molecule has 0 bridgehead atoms. The van der Waals surface area contributed by atoms with Crippen LogP contribution in [-0.4, -0.2) is 37.0 Å². The lowest BCUT2D eigenvalue weighted by molar-refractivity contribution is -0.124. The van der Waals surface area contributed by atoms with Gasteiger partial charge in [-0.15, -0.1) is 0 Å². The van der Waals surface area contributed by atoms with Crippen LogP contribution in [0, 0.1) is 6.92 Å². The highest BCUT2D eigenvalue weighted by Gasteiger charge is 2.37. The van der Waals surface area contributed by atoms with Crippen molar-refractivity contribution < 1.29 is 24.2 Å². The van der Waals surface area contributed by atoms with Crippen LogP contribution in [0.5, 0.6) is 11.5 Å². The van der Waals surface area contributed by atoms with E-state index in [4.69, 9.17) is 9.47 Å². The van der Waals surface area contributed by atoms with E-state index in [1.165, 1.54) is 20.3 Å². The Bertz CT molecular complexity index is 533. The highest BCUT2D eigenvalue weighted by Crippen LogP contribution is 2.36. The lowest BCUT2D eigenvalue weighted by atomic mass is 9.84. The summed E-state index contributed by atoms with van der Waals surface area (Å²) in [5.41, 5.74) is 1.43. The molecule has 96 valence electrons. The van der Waals surface area contributed by atoms with E-state index in [1.54, 1.807) is 6.92 Å². The quantitative estimate of drug-likeness (QED) is 0.794. The maximum absolute atomic E-state index is 11.9. The normalized spacial score (nSPS) is 18.7. The highest BCUT2D eigenvalue weighted by atomic mass is 16.5. The molecule has 0 spiro atoms. The summed E-state index contributed by atoms with van der Waals surface area (Å²) >= 11 is 0. The summed E-state index contributed by atoms with van der Waals surface area (Å²) in [5, 5.41) is 9.85. The predicted octanol–water partition coefficient (Wildman–Crippen LogP) is 1.03. The van der Waals surface area contributed by atoms with Gasteiger partial charge in [0, 0.05) is 19.6 Å². The van der Waals surface area contributed by atoms with Crippen molar-refractivity contribution in [2.75, 3.05) is 14.2 Å². The van der Waals surface area contributed by atoms with Crippen molar-refractivity contribution in [1.82, 2.24) is 0 Å². The van der Waals surface area contributed by atoms with E-state index in [1.807, 2.05) is 0 Å². The first-order valence-corrected chi connectivity index (χ1v) is 5.52. The van der Waals surface area contributed by atoms with Crippen LogP contribution >= 0.6 is 0 Å². The molecule has 0 heterocycles. The molecule has 0 unspecified atom stereocenters. The second-order valence-corrected chi connectivity index (χ2v) is 4.20. The van der Waals surface area contributed by atoms with Crippen molar-refractivity contribution in [3.63, 3.8) is 0 Å². The zero-order valence-electron chi connectivity index (χ0n) is 10.4. The Kier molecular flexibility index (Phi) is 3.09. The molecular formula is C13H14O5. The van der Waals surface area contributed by atoms with Crippen molar-refractivity contribution in [3.05, 3.63) is 22.8 Å². The number of hydrogen-bond donors (Lipinski definition) is 1. The second-order valence-electron chi connectivity index (χ2n) is 4.20. The van der Waals surface area contributed by atoms with Crippen LogP contribution in [0.15, 0.2) is 6.07 Å². The Morgan fingerprint density at radius 1 is 1.33 bits per heavy atom.